The normalized spacial score (nSPS) is 13.5. The number of hydrogen-bond acceptors (Lipinski definition) is 4. The van der Waals surface area contributed by atoms with Gasteiger partial charge in [0.25, 0.3) is 5.91 Å². The van der Waals surface area contributed by atoms with Crippen molar-refractivity contribution < 1.29 is 19.1 Å². The van der Waals surface area contributed by atoms with E-state index in [-0.39, 0.29) is 18.4 Å². The molecule has 27 heavy (non-hydrogen) atoms. The molecule has 0 atom stereocenters. The summed E-state index contributed by atoms with van der Waals surface area (Å²) >= 11 is 0. The second-order valence-corrected chi connectivity index (χ2v) is 6.30. The molecule has 1 heterocycles. The highest BCUT2D eigenvalue weighted by Crippen LogP contribution is 2.30. The molecule has 1 fully saturated rings. The maximum Gasteiger partial charge on any atom is 0.262 e. The van der Waals surface area contributed by atoms with Crippen LogP contribution in [0.5, 0.6) is 11.5 Å². The second kappa shape index (κ2) is 9.07. The fourth-order valence-electron chi connectivity index (χ4n) is 2.95. The smallest absolute Gasteiger partial charge is 0.262 e. The fourth-order valence-corrected chi connectivity index (χ4v) is 2.95. The van der Waals surface area contributed by atoms with Crippen molar-refractivity contribution >= 4 is 23.2 Å². The molecule has 0 aromatic heterocycles. The number of nitrogens with one attached hydrogen (secondary N) is 1. The first-order valence-electron chi connectivity index (χ1n) is 9.23. The van der Waals surface area contributed by atoms with Gasteiger partial charge in [-0.1, -0.05) is 31.2 Å². The number of para-hydroxylation sites is 4. The van der Waals surface area contributed by atoms with Crippen molar-refractivity contribution in [3.8, 4) is 11.5 Å². The zero-order valence-corrected chi connectivity index (χ0v) is 15.4. The largest absolute Gasteiger partial charge is 0.490 e. The van der Waals surface area contributed by atoms with Gasteiger partial charge in [0.05, 0.1) is 18.0 Å². The van der Waals surface area contributed by atoms with Crippen molar-refractivity contribution in [1.82, 2.24) is 0 Å². The van der Waals surface area contributed by atoms with Gasteiger partial charge < -0.3 is 19.7 Å². The van der Waals surface area contributed by atoms with Gasteiger partial charge >= 0.3 is 0 Å². The average Bonchev–Trinajstić information content (AvgIpc) is 3.11. The molecule has 1 aliphatic heterocycles. The van der Waals surface area contributed by atoms with Crippen LogP contribution in [-0.4, -0.2) is 31.6 Å². The number of amides is 2. The Morgan fingerprint density at radius 2 is 1.78 bits per heavy atom. The Bertz CT molecular complexity index is 806. The predicted octanol–water partition coefficient (Wildman–Crippen LogP) is 3.62. The van der Waals surface area contributed by atoms with Crippen molar-refractivity contribution in [3.05, 3.63) is 48.5 Å². The van der Waals surface area contributed by atoms with Crippen LogP contribution < -0.4 is 19.7 Å². The number of carbonyl (C=O) groups excluding carboxylic acids is 2. The Balaban J connectivity index is 1.63. The van der Waals surface area contributed by atoms with Crippen molar-refractivity contribution in [2.45, 2.75) is 26.2 Å². The number of carbonyl (C=O) groups is 2. The molecule has 0 aliphatic carbocycles. The van der Waals surface area contributed by atoms with Crippen molar-refractivity contribution in [2.75, 3.05) is 30.0 Å². The van der Waals surface area contributed by atoms with Crippen LogP contribution in [0.3, 0.4) is 0 Å². The number of rotatable bonds is 8. The van der Waals surface area contributed by atoms with Crippen molar-refractivity contribution in [3.63, 3.8) is 0 Å². The molecule has 2 aromatic carbocycles. The SMILES string of the molecule is CCCOc1ccccc1OCC(=O)Nc1ccccc1N1CCCC1=O. The van der Waals surface area contributed by atoms with E-state index in [4.69, 9.17) is 9.47 Å². The number of nitrogens with zero attached hydrogens (tertiary/aromatic N) is 1. The van der Waals surface area contributed by atoms with Gasteiger partial charge in [-0.15, -0.1) is 0 Å². The zero-order valence-electron chi connectivity index (χ0n) is 15.4. The minimum Gasteiger partial charge on any atom is -0.490 e. The highest BCUT2D eigenvalue weighted by Gasteiger charge is 2.24. The third-order valence-corrected chi connectivity index (χ3v) is 4.21. The van der Waals surface area contributed by atoms with Gasteiger partial charge in [-0.2, -0.15) is 0 Å². The van der Waals surface area contributed by atoms with E-state index in [1.807, 2.05) is 43.3 Å². The van der Waals surface area contributed by atoms with Gasteiger partial charge in [0.15, 0.2) is 18.1 Å². The summed E-state index contributed by atoms with van der Waals surface area (Å²) in [6.45, 7) is 3.14. The first kappa shape index (κ1) is 18.8. The molecule has 1 N–H and O–H groups in total. The molecule has 1 saturated heterocycles. The Morgan fingerprint density at radius 1 is 1.07 bits per heavy atom. The third kappa shape index (κ3) is 4.78. The van der Waals surface area contributed by atoms with E-state index in [0.717, 1.165) is 18.5 Å². The summed E-state index contributed by atoms with van der Waals surface area (Å²) in [5, 5.41) is 2.84. The summed E-state index contributed by atoms with van der Waals surface area (Å²) < 4.78 is 11.3. The van der Waals surface area contributed by atoms with E-state index in [1.54, 1.807) is 17.0 Å². The maximum atomic E-state index is 12.4. The fraction of sp³-hybridized carbons (Fsp3) is 0.333. The highest BCUT2D eigenvalue weighted by atomic mass is 16.5. The number of ether oxygens (including phenoxy) is 2. The minimum absolute atomic E-state index is 0.0787. The number of benzene rings is 2. The van der Waals surface area contributed by atoms with E-state index >= 15 is 0 Å². The second-order valence-electron chi connectivity index (χ2n) is 6.30. The molecule has 2 aromatic rings. The molecule has 142 valence electrons. The van der Waals surface area contributed by atoms with Crippen LogP contribution in [0, 0.1) is 0 Å². The molecular weight excluding hydrogens is 344 g/mol. The van der Waals surface area contributed by atoms with E-state index in [0.29, 0.717) is 36.8 Å². The summed E-state index contributed by atoms with van der Waals surface area (Å²) in [7, 11) is 0. The molecular formula is C21H24N2O4. The lowest BCUT2D eigenvalue weighted by molar-refractivity contribution is -0.118. The summed E-state index contributed by atoms with van der Waals surface area (Å²) in [6, 6.07) is 14.6. The van der Waals surface area contributed by atoms with E-state index in [1.165, 1.54) is 0 Å². The van der Waals surface area contributed by atoms with Gasteiger partial charge in [-0.3, -0.25) is 9.59 Å². The molecule has 0 unspecified atom stereocenters. The predicted molar refractivity (Wildman–Crippen MR) is 104 cm³/mol. The molecule has 6 heteroatoms. The van der Waals surface area contributed by atoms with Crippen LogP contribution in [-0.2, 0) is 9.59 Å². The Hall–Kier alpha value is -3.02. The van der Waals surface area contributed by atoms with E-state index in [2.05, 4.69) is 5.32 Å². The van der Waals surface area contributed by atoms with Crippen molar-refractivity contribution in [2.24, 2.45) is 0 Å². The van der Waals surface area contributed by atoms with Crippen LogP contribution in [0.1, 0.15) is 26.2 Å². The average molecular weight is 368 g/mol. The quantitative estimate of drug-likeness (QED) is 0.773. The van der Waals surface area contributed by atoms with Gasteiger partial charge in [0.2, 0.25) is 5.91 Å². The molecule has 3 rings (SSSR count). The number of hydrogen-bond donors (Lipinski definition) is 1. The first-order chi connectivity index (χ1) is 13.2. The molecule has 6 nitrogen and oxygen atoms in total. The first-order valence-corrected chi connectivity index (χ1v) is 9.23. The van der Waals surface area contributed by atoms with Crippen LogP contribution in [0.4, 0.5) is 11.4 Å². The Kier molecular flexibility index (Phi) is 6.30. The number of anilines is 2. The van der Waals surface area contributed by atoms with Gasteiger partial charge in [0, 0.05) is 13.0 Å². The van der Waals surface area contributed by atoms with Crippen molar-refractivity contribution in [1.29, 1.82) is 0 Å². The lowest BCUT2D eigenvalue weighted by Crippen LogP contribution is -2.27. The lowest BCUT2D eigenvalue weighted by Gasteiger charge is -2.20. The van der Waals surface area contributed by atoms with Gasteiger partial charge in [0.1, 0.15) is 0 Å². The molecule has 0 spiro atoms. The molecule has 0 saturated carbocycles. The molecule has 0 bridgehead atoms. The van der Waals surface area contributed by atoms with Crippen LogP contribution >= 0.6 is 0 Å². The summed E-state index contributed by atoms with van der Waals surface area (Å²) in [6.07, 6.45) is 2.26. The van der Waals surface area contributed by atoms with Gasteiger partial charge in [-0.25, -0.2) is 0 Å². The lowest BCUT2D eigenvalue weighted by atomic mass is 10.2. The summed E-state index contributed by atoms with van der Waals surface area (Å²) in [5.74, 6) is 0.939. The third-order valence-electron chi connectivity index (χ3n) is 4.21. The summed E-state index contributed by atoms with van der Waals surface area (Å²) in [5.41, 5.74) is 1.33. The summed E-state index contributed by atoms with van der Waals surface area (Å²) in [4.78, 5) is 26.1. The highest BCUT2D eigenvalue weighted by molar-refractivity contribution is 6.02. The zero-order chi connectivity index (χ0) is 19.1. The monoisotopic (exact) mass is 368 g/mol. The minimum atomic E-state index is -0.292. The van der Waals surface area contributed by atoms with Crippen LogP contribution in [0.15, 0.2) is 48.5 Å². The van der Waals surface area contributed by atoms with Gasteiger partial charge in [-0.05, 0) is 37.1 Å². The van der Waals surface area contributed by atoms with E-state index in [9.17, 15) is 9.59 Å². The standard InChI is InChI=1S/C21H24N2O4/c1-2-14-26-18-10-5-6-11-19(18)27-15-20(24)22-16-8-3-4-9-17(16)23-13-7-12-21(23)25/h3-6,8-11H,2,7,12-15H2,1H3,(H,22,24). The molecule has 1 aliphatic rings. The Morgan fingerprint density at radius 3 is 2.48 bits per heavy atom. The maximum absolute atomic E-state index is 12.4. The topological polar surface area (TPSA) is 67.9 Å². The Labute approximate surface area is 159 Å². The van der Waals surface area contributed by atoms with Crippen LogP contribution in [0.25, 0.3) is 0 Å². The van der Waals surface area contributed by atoms with Crippen LogP contribution in [0.2, 0.25) is 0 Å². The van der Waals surface area contributed by atoms with E-state index < -0.39 is 0 Å². The molecule has 0 radical (unpaired) electrons. The molecule has 2 amide bonds.